The molecule has 0 heterocycles. The van der Waals surface area contributed by atoms with Crippen molar-refractivity contribution in [2.75, 3.05) is 25.6 Å². The Morgan fingerprint density at radius 3 is 2.50 bits per heavy atom. The van der Waals surface area contributed by atoms with Crippen molar-refractivity contribution in [1.82, 2.24) is 0 Å². The molecule has 1 N–H and O–H groups in total. The summed E-state index contributed by atoms with van der Waals surface area (Å²) in [5.74, 6) is -0.421. The van der Waals surface area contributed by atoms with Crippen LogP contribution in [0, 0.1) is 11.3 Å². The van der Waals surface area contributed by atoms with Gasteiger partial charge in [-0.2, -0.15) is 5.26 Å². The van der Waals surface area contributed by atoms with Crippen LogP contribution in [0.3, 0.4) is 0 Å². The second kappa shape index (κ2) is 11.4. The lowest BCUT2D eigenvalue weighted by molar-refractivity contribution is -0.145. The molecule has 0 fully saturated rings. The molecule has 7 nitrogen and oxygen atoms in total. The van der Waals surface area contributed by atoms with Gasteiger partial charge in [0.15, 0.2) is 18.1 Å². The van der Waals surface area contributed by atoms with Crippen LogP contribution in [0.15, 0.2) is 50.9 Å². The summed E-state index contributed by atoms with van der Waals surface area (Å²) >= 11 is 6.69. The highest BCUT2D eigenvalue weighted by atomic mass is 79.9. The van der Waals surface area contributed by atoms with Crippen LogP contribution in [0.1, 0.15) is 12.5 Å². The molecule has 2 rings (SSSR count). The molecular formula is C21H18Br2N2O5. The summed E-state index contributed by atoms with van der Waals surface area (Å²) in [6.45, 7) is 1.68. The Kier molecular flexibility index (Phi) is 8.89. The van der Waals surface area contributed by atoms with Gasteiger partial charge in [0.05, 0.1) is 18.2 Å². The standard InChI is InChI=1S/C21H18Br2N2O5/c1-3-29-19(26)12-30-20-17(23)9-13(10-18(20)28-2)8-14(11-24)21(27)25-16-6-4-15(22)5-7-16/h4-10H,3,12H2,1-2H3,(H,25,27)/b14-8-. The van der Waals surface area contributed by atoms with Crippen LogP contribution in [-0.2, 0) is 14.3 Å². The number of nitrogens with zero attached hydrogens (tertiary/aromatic N) is 1. The zero-order valence-electron chi connectivity index (χ0n) is 16.2. The van der Waals surface area contributed by atoms with Gasteiger partial charge in [0, 0.05) is 10.2 Å². The van der Waals surface area contributed by atoms with Gasteiger partial charge in [-0.15, -0.1) is 0 Å². The molecule has 2 aromatic rings. The van der Waals surface area contributed by atoms with Gasteiger partial charge >= 0.3 is 5.97 Å². The number of benzene rings is 2. The van der Waals surface area contributed by atoms with Crippen molar-refractivity contribution in [3.8, 4) is 17.6 Å². The number of hydrogen-bond acceptors (Lipinski definition) is 6. The van der Waals surface area contributed by atoms with Gasteiger partial charge in [-0.1, -0.05) is 15.9 Å². The maximum absolute atomic E-state index is 12.4. The molecule has 0 saturated carbocycles. The molecule has 0 aliphatic heterocycles. The van der Waals surface area contributed by atoms with Crippen molar-refractivity contribution in [3.05, 3.63) is 56.5 Å². The molecule has 2 aromatic carbocycles. The quantitative estimate of drug-likeness (QED) is 0.297. The second-order valence-electron chi connectivity index (χ2n) is 5.76. The van der Waals surface area contributed by atoms with Crippen molar-refractivity contribution >= 4 is 55.5 Å². The van der Waals surface area contributed by atoms with E-state index < -0.39 is 11.9 Å². The van der Waals surface area contributed by atoms with E-state index in [1.54, 1.807) is 43.3 Å². The van der Waals surface area contributed by atoms with E-state index in [1.807, 2.05) is 6.07 Å². The van der Waals surface area contributed by atoms with E-state index >= 15 is 0 Å². The minimum absolute atomic E-state index is 0.0907. The van der Waals surface area contributed by atoms with Crippen LogP contribution in [0.2, 0.25) is 0 Å². The summed E-state index contributed by atoms with van der Waals surface area (Å²) in [7, 11) is 1.44. The number of nitriles is 1. The zero-order chi connectivity index (χ0) is 22.1. The molecule has 0 aromatic heterocycles. The minimum Gasteiger partial charge on any atom is -0.493 e. The Morgan fingerprint density at radius 1 is 1.20 bits per heavy atom. The zero-order valence-corrected chi connectivity index (χ0v) is 19.4. The molecule has 0 unspecified atom stereocenters. The number of anilines is 1. The lowest BCUT2D eigenvalue weighted by Crippen LogP contribution is -2.15. The molecule has 1 amide bonds. The minimum atomic E-state index is -0.544. The van der Waals surface area contributed by atoms with Crippen molar-refractivity contribution < 1.29 is 23.8 Å². The molecular weight excluding hydrogens is 520 g/mol. The summed E-state index contributed by atoms with van der Waals surface area (Å²) in [5, 5.41) is 12.1. The fourth-order valence-electron chi connectivity index (χ4n) is 2.34. The number of methoxy groups -OCH3 is 1. The van der Waals surface area contributed by atoms with Crippen molar-refractivity contribution in [1.29, 1.82) is 5.26 Å². The van der Waals surface area contributed by atoms with E-state index in [2.05, 4.69) is 37.2 Å². The number of nitrogens with one attached hydrogen (secondary N) is 1. The third-order valence-corrected chi connectivity index (χ3v) is 4.79. The predicted molar refractivity (Wildman–Crippen MR) is 119 cm³/mol. The van der Waals surface area contributed by atoms with E-state index in [4.69, 9.17) is 14.2 Å². The Bertz CT molecular complexity index is 998. The van der Waals surface area contributed by atoms with Gasteiger partial charge in [-0.25, -0.2) is 4.79 Å². The van der Waals surface area contributed by atoms with E-state index in [0.29, 0.717) is 27.2 Å². The van der Waals surface area contributed by atoms with Crippen molar-refractivity contribution in [2.24, 2.45) is 0 Å². The van der Waals surface area contributed by atoms with Crippen molar-refractivity contribution in [3.63, 3.8) is 0 Å². The van der Waals surface area contributed by atoms with E-state index in [-0.39, 0.29) is 18.8 Å². The average molecular weight is 538 g/mol. The molecule has 0 radical (unpaired) electrons. The Balaban J connectivity index is 2.24. The lowest BCUT2D eigenvalue weighted by Gasteiger charge is -2.13. The predicted octanol–water partition coefficient (Wildman–Crippen LogP) is 4.71. The number of carbonyl (C=O) groups excluding carboxylic acids is 2. The molecule has 0 spiro atoms. The van der Waals surface area contributed by atoms with Crippen LogP contribution in [0.5, 0.6) is 11.5 Å². The summed E-state index contributed by atoms with van der Waals surface area (Å²) < 4.78 is 17.0. The molecule has 0 atom stereocenters. The topological polar surface area (TPSA) is 97.7 Å². The second-order valence-corrected chi connectivity index (χ2v) is 7.53. The van der Waals surface area contributed by atoms with Gasteiger partial charge in [0.1, 0.15) is 11.6 Å². The fourth-order valence-corrected chi connectivity index (χ4v) is 3.18. The number of amides is 1. The molecule has 9 heteroatoms. The maximum Gasteiger partial charge on any atom is 0.344 e. The smallest absolute Gasteiger partial charge is 0.344 e. The number of halogens is 2. The number of carbonyl (C=O) groups is 2. The Hall–Kier alpha value is -2.83. The normalized spacial score (nSPS) is 10.7. The van der Waals surface area contributed by atoms with Gasteiger partial charge in [0.25, 0.3) is 5.91 Å². The first-order chi connectivity index (χ1) is 14.4. The van der Waals surface area contributed by atoms with Gasteiger partial charge in [-0.3, -0.25) is 4.79 Å². The molecule has 30 heavy (non-hydrogen) atoms. The highest BCUT2D eigenvalue weighted by Gasteiger charge is 2.15. The van der Waals surface area contributed by atoms with E-state index in [1.165, 1.54) is 13.2 Å². The van der Waals surface area contributed by atoms with Crippen LogP contribution in [-0.4, -0.2) is 32.2 Å². The summed E-state index contributed by atoms with van der Waals surface area (Å²) in [6.07, 6.45) is 1.43. The molecule has 0 saturated heterocycles. The largest absolute Gasteiger partial charge is 0.493 e. The Labute approximate surface area is 190 Å². The van der Waals surface area contributed by atoms with Crippen LogP contribution in [0.25, 0.3) is 6.08 Å². The van der Waals surface area contributed by atoms with Crippen LogP contribution in [0.4, 0.5) is 5.69 Å². The van der Waals surface area contributed by atoms with Gasteiger partial charge in [0.2, 0.25) is 0 Å². The first-order valence-corrected chi connectivity index (χ1v) is 10.3. The van der Waals surface area contributed by atoms with Crippen molar-refractivity contribution in [2.45, 2.75) is 6.92 Å². The summed E-state index contributed by atoms with van der Waals surface area (Å²) in [5.41, 5.74) is 1.00. The van der Waals surface area contributed by atoms with E-state index in [0.717, 1.165) is 4.47 Å². The summed E-state index contributed by atoms with van der Waals surface area (Å²) in [4.78, 5) is 24.0. The van der Waals surface area contributed by atoms with Crippen LogP contribution >= 0.6 is 31.9 Å². The summed E-state index contributed by atoms with van der Waals surface area (Å²) in [6, 6.07) is 12.1. The highest BCUT2D eigenvalue weighted by molar-refractivity contribution is 9.10. The molecule has 0 aliphatic carbocycles. The monoisotopic (exact) mass is 536 g/mol. The number of rotatable bonds is 8. The lowest BCUT2D eigenvalue weighted by atomic mass is 10.1. The number of hydrogen-bond donors (Lipinski definition) is 1. The SMILES string of the molecule is CCOC(=O)COc1c(Br)cc(/C=C(/C#N)C(=O)Nc2ccc(Br)cc2)cc1OC. The number of ether oxygens (including phenoxy) is 3. The molecule has 0 bridgehead atoms. The van der Waals surface area contributed by atoms with Gasteiger partial charge < -0.3 is 19.5 Å². The third-order valence-electron chi connectivity index (χ3n) is 3.67. The Morgan fingerprint density at radius 2 is 1.90 bits per heavy atom. The number of esters is 1. The fraction of sp³-hybridized carbons (Fsp3) is 0.190. The highest BCUT2D eigenvalue weighted by Crippen LogP contribution is 2.37. The first kappa shape index (κ1) is 23.4. The first-order valence-electron chi connectivity index (χ1n) is 8.72. The average Bonchev–Trinajstić information content (AvgIpc) is 2.72. The third kappa shape index (κ3) is 6.61. The van der Waals surface area contributed by atoms with E-state index in [9.17, 15) is 14.9 Å². The molecule has 0 aliphatic rings. The molecule has 156 valence electrons. The van der Waals surface area contributed by atoms with Crippen LogP contribution < -0.4 is 14.8 Å². The maximum atomic E-state index is 12.4. The van der Waals surface area contributed by atoms with Gasteiger partial charge in [-0.05, 0) is 70.9 Å².